The Morgan fingerprint density at radius 3 is 2.48 bits per heavy atom. The SMILES string of the molecule is CC(C)[C@@H](CCC[C@H]1C=CCC=N1)CC[C@@H](CC1CCCCC1)NC(=O)OC(C)(C)C. The third kappa shape index (κ3) is 11.2. The van der Waals surface area contributed by atoms with Gasteiger partial charge in [0.2, 0.25) is 0 Å². The lowest BCUT2D eigenvalue weighted by atomic mass is 9.81. The minimum absolute atomic E-state index is 0.227. The third-order valence-electron chi connectivity index (χ3n) is 6.86. The number of nitrogens with one attached hydrogen (secondary N) is 1. The summed E-state index contributed by atoms with van der Waals surface area (Å²) in [5.74, 6) is 2.12. The highest BCUT2D eigenvalue weighted by Gasteiger charge is 2.25. The predicted molar refractivity (Wildman–Crippen MR) is 132 cm³/mol. The second-order valence-electron chi connectivity index (χ2n) is 11.2. The standard InChI is InChI=1S/C27H48N2O2/c1-21(2)23(14-11-16-24-15-9-10-19-28-24)17-18-25(20-22-12-7-6-8-13-22)29-26(30)31-27(3,4)5/h9,15,19,21-25H,6-8,10-14,16-18,20H2,1-5H3,(H,29,30)/t23-,24+,25-/m0/s1. The van der Waals surface area contributed by atoms with Gasteiger partial charge in [0.05, 0.1) is 6.04 Å². The Kier molecular flexibility index (Phi) is 11.1. The smallest absolute Gasteiger partial charge is 0.407 e. The van der Waals surface area contributed by atoms with Gasteiger partial charge in [0.1, 0.15) is 5.60 Å². The molecule has 1 aliphatic heterocycles. The topological polar surface area (TPSA) is 50.7 Å². The zero-order valence-corrected chi connectivity index (χ0v) is 20.9. The number of rotatable bonds is 11. The van der Waals surface area contributed by atoms with Crippen molar-refractivity contribution in [1.82, 2.24) is 5.32 Å². The van der Waals surface area contributed by atoms with E-state index in [1.165, 1.54) is 51.4 Å². The number of aliphatic imine (C=N–C) groups is 1. The van der Waals surface area contributed by atoms with Crippen LogP contribution in [0.3, 0.4) is 0 Å². The molecule has 31 heavy (non-hydrogen) atoms. The van der Waals surface area contributed by atoms with E-state index < -0.39 is 5.60 Å². The van der Waals surface area contributed by atoms with Gasteiger partial charge in [-0.3, -0.25) is 4.99 Å². The molecule has 0 aromatic carbocycles. The summed E-state index contributed by atoms with van der Waals surface area (Å²) in [5.41, 5.74) is -0.448. The van der Waals surface area contributed by atoms with Gasteiger partial charge >= 0.3 is 6.09 Å². The van der Waals surface area contributed by atoms with E-state index in [0.717, 1.165) is 31.6 Å². The summed E-state index contributed by atoms with van der Waals surface area (Å²) in [5, 5.41) is 3.23. The van der Waals surface area contributed by atoms with Crippen LogP contribution in [0.5, 0.6) is 0 Å². The molecular formula is C27H48N2O2. The monoisotopic (exact) mass is 432 g/mol. The lowest BCUT2D eigenvalue weighted by molar-refractivity contribution is 0.0489. The molecule has 0 spiro atoms. The van der Waals surface area contributed by atoms with Crippen molar-refractivity contribution in [3.63, 3.8) is 0 Å². The lowest BCUT2D eigenvalue weighted by Crippen LogP contribution is -2.40. The van der Waals surface area contributed by atoms with Crippen molar-refractivity contribution in [2.45, 2.75) is 129 Å². The summed E-state index contributed by atoms with van der Waals surface area (Å²) < 4.78 is 5.57. The van der Waals surface area contributed by atoms with Gasteiger partial charge in [0, 0.05) is 18.7 Å². The molecule has 4 heteroatoms. The van der Waals surface area contributed by atoms with Crippen LogP contribution in [0.2, 0.25) is 0 Å². The van der Waals surface area contributed by atoms with Gasteiger partial charge in [-0.2, -0.15) is 0 Å². The fraction of sp³-hybridized carbons (Fsp3) is 0.852. The summed E-state index contributed by atoms with van der Waals surface area (Å²) in [6.07, 6.45) is 20.9. The molecule has 2 aliphatic rings. The molecule has 0 radical (unpaired) electrons. The first-order valence-electron chi connectivity index (χ1n) is 12.9. The van der Waals surface area contributed by atoms with Gasteiger partial charge in [-0.1, -0.05) is 70.9 Å². The normalized spacial score (nSPS) is 21.8. The van der Waals surface area contributed by atoms with Crippen molar-refractivity contribution in [2.24, 2.45) is 22.7 Å². The van der Waals surface area contributed by atoms with Crippen molar-refractivity contribution in [2.75, 3.05) is 0 Å². The van der Waals surface area contributed by atoms with E-state index in [0.29, 0.717) is 17.9 Å². The number of nitrogens with zero attached hydrogens (tertiary/aromatic N) is 1. The van der Waals surface area contributed by atoms with Crippen molar-refractivity contribution < 1.29 is 9.53 Å². The minimum atomic E-state index is -0.448. The van der Waals surface area contributed by atoms with Crippen LogP contribution in [0.1, 0.15) is 112 Å². The zero-order valence-electron chi connectivity index (χ0n) is 20.9. The first kappa shape index (κ1) is 25.9. The molecule has 4 nitrogen and oxygen atoms in total. The average molecular weight is 433 g/mol. The van der Waals surface area contributed by atoms with Crippen LogP contribution in [-0.4, -0.2) is 30.0 Å². The van der Waals surface area contributed by atoms with E-state index in [-0.39, 0.29) is 12.1 Å². The number of hydrogen-bond donors (Lipinski definition) is 1. The van der Waals surface area contributed by atoms with E-state index in [1.54, 1.807) is 0 Å². The number of dihydropyridines is 1. The molecule has 0 aromatic rings. The largest absolute Gasteiger partial charge is 0.444 e. The van der Waals surface area contributed by atoms with Crippen LogP contribution in [0, 0.1) is 17.8 Å². The van der Waals surface area contributed by atoms with E-state index in [1.807, 2.05) is 27.0 Å². The van der Waals surface area contributed by atoms with Gasteiger partial charge < -0.3 is 10.1 Å². The molecule has 1 amide bonds. The van der Waals surface area contributed by atoms with E-state index >= 15 is 0 Å². The van der Waals surface area contributed by atoms with Crippen LogP contribution in [0.15, 0.2) is 17.1 Å². The molecule has 178 valence electrons. The Bertz CT molecular complexity index is 558. The molecule has 0 bridgehead atoms. The van der Waals surface area contributed by atoms with Crippen LogP contribution in [0.25, 0.3) is 0 Å². The number of alkyl carbamates (subject to hydrolysis) is 1. The van der Waals surface area contributed by atoms with Gasteiger partial charge in [0.25, 0.3) is 0 Å². The number of carbonyl (C=O) groups is 1. The Hall–Kier alpha value is -1.32. The number of allylic oxidation sites excluding steroid dienone is 1. The highest BCUT2D eigenvalue weighted by atomic mass is 16.6. The second-order valence-corrected chi connectivity index (χ2v) is 11.2. The van der Waals surface area contributed by atoms with Gasteiger partial charge in [-0.15, -0.1) is 0 Å². The minimum Gasteiger partial charge on any atom is -0.444 e. The first-order valence-corrected chi connectivity index (χ1v) is 12.9. The van der Waals surface area contributed by atoms with Gasteiger partial charge in [-0.05, 0) is 64.2 Å². The maximum atomic E-state index is 12.5. The average Bonchev–Trinajstić information content (AvgIpc) is 2.70. The predicted octanol–water partition coefficient (Wildman–Crippen LogP) is 7.47. The Labute approximate surface area is 191 Å². The fourth-order valence-corrected chi connectivity index (χ4v) is 5.08. The molecule has 1 saturated carbocycles. The maximum Gasteiger partial charge on any atom is 0.407 e. The molecule has 0 aromatic heterocycles. The molecule has 2 rings (SSSR count). The second kappa shape index (κ2) is 13.3. The van der Waals surface area contributed by atoms with Crippen molar-refractivity contribution in [3.05, 3.63) is 12.2 Å². The van der Waals surface area contributed by atoms with E-state index in [9.17, 15) is 4.79 Å². The quantitative estimate of drug-likeness (QED) is 0.344. The summed E-state index contributed by atoms with van der Waals surface area (Å²) in [6.45, 7) is 10.5. The number of amides is 1. The van der Waals surface area contributed by atoms with E-state index in [4.69, 9.17) is 4.74 Å². The molecule has 1 fully saturated rings. The fourth-order valence-electron chi connectivity index (χ4n) is 5.08. The zero-order chi connectivity index (χ0) is 22.7. The van der Waals surface area contributed by atoms with Crippen molar-refractivity contribution in [1.29, 1.82) is 0 Å². The lowest BCUT2D eigenvalue weighted by Gasteiger charge is -2.30. The number of carbonyl (C=O) groups excluding carboxylic acids is 1. The maximum absolute atomic E-state index is 12.5. The van der Waals surface area contributed by atoms with Crippen LogP contribution in [-0.2, 0) is 4.74 Å². The summed E-state index contributed by atoms with van der Waals surface area (Å²) in [4.78, 5) is 17.1. The molecule has 1 N–H and O–H groups in total. The van der Waals surface area contributed by atoms with Crippen molar-refractivity contribution in [3.8, 4) is 0 Å². The third-order valence-corrected chi connectivity index (χ3v) is 6.86. The van der Waals surface area contributed by atoms with Crippen LogP contribution in [0.4, 0.5) is 4.79 Å². The summed E-state index contributed by atoms with van der Waals surface area (Å²) >= 11 is 0. The molecule has 3 atom stereocenters. The molecule has 1 heterocycles. The van der Waals surface area contributed by atoms with Gasteiger partial charge in [0.15, 0.2) is 0 Å². The van der Waals surface area contributed by atoms with Gasteiger partial charge in [-0.25, -0.2) is 4.79 Å². The highest BCUT2D eigenvalue weighted by molar-refractivity contribution is 5.68. The summed E-state index contributed by atoms with van der Waals surface area (Å²) in [6, 6.07) is 0.611. The molecular weight excluding hydrogens is 384 g/mol. The Morgan fingerprint density at radius 2 is 1.87 bits per heavy atom. The Balaban J connectivity index is 1.86. The highest BCUT2D eigenvalue weighted by Crippen LogP contribution is 2.30. The van der Waals surface area contributed by atoms with E-state index in [2.05, 4.69) is 36.3 Å². The number of hydrogen-bond acceptors (Lipinski definition) is 3. The van der Waals surface area contributed by atoms with Crippen LogP contribution >= 0.6 is 0 Å². The molecule has 0 unspecified atom stereocenters. The number of ether oxygens (including phenoxy) is 1. The van der Waals surface area contributed by atoms with Crippen molar-refractivity contribution >= 4 is 12.3 Å². The first-order chi connectivity index (χ1) is 14.7. The van der Waals surface area contributed by atoms with Crippen LogP contribution < -0.4 is 5.32 Å². The molecule has 1 aliphatic carbocycles. The Morgan fingerprint density at radius 1 is 1.13 bits per heavy atom. The summed E-state index contributed by atoms with van der Waals surface area (Å²) in [7, 11) is 0. The molecule has 0 saturated heterocycles.